The van der Waals surface area contributed by atoms with Gasteiger partial charge in [-0.2, -0.15) is 0 Å². The van der Waals surface area contributed by atoms with Crippen molar-refractivity contribution in [2.75, 3.05) is 13.2 Å². The fourth-order valence-corrected chi connectivity index (χ4v) is 3.99. The lowest BCUT2D eigenvalue weighted by Crippen LogP contribution is -2.49. The summed E-state index contributed by atoms with van der Waals surface area (Å²) in [5, 5.41) is 0. The van der Waals surface area contributed by atoms with Crippen molar-refractivity contribution in [2.45, 2.75) is 44.6 Å². The van der Waals surface area contributed by atoms with Gasteiger partial charge in [0.15, 0.2) is 6.61 Å². The molecule has 0 unspecified atom stereocenters. The highest BCUT2D eigenvalue weighted by atomic mass is 16.5. The summed E-state index contributed by atoms with van der Waals surface area (Å²) in [6.07, 6.45) is 10.9. The number of carbonyl (C=O) groups is 2. The molecule has 1 aromatic carbocycles. The van der Waals surface area contributed by atoms with Gasteiger partial charge in [0, 0.05) is 18.7 Å². The zero-order chi connectivity index (χ0) is 17.6. The Balaban J connectivity index is 1.59. The first kappa shape index (κ1) is 17.5. The predicted octanol–water partition coefficient (Wildman–Crippen LogP) is 2.75. The number of benzene rings is 1. The molecule has 1 heterocycles. The zero-order valence-corrected chi connectivity index (χ0v) is 14.5. The molecule has 1 aliphatic heterocycles. The molecule has 1 saturated carbocycles. The van der Waals surface area contributed by atoms with Crippen molar-refractivity contribution >= 4 is 17.9 Å². The molecular weight excluding hydrogens is 316 g/mol. The minimum absolute atomic E-state index is 0.116. The predicted molar refractivity (Wildman–Crippen MR) is 96.9 cm³/mol. The van der Waals surface area contributed by atoms with Crippen LogP contribution in [0, 0.1) is 5.92 Å². The number of fused-ring (bicyclic) bond motifs is 1. The van der Waals surface area contributed by atoms with Gasteiger partial charge in [-0.1, -0.05) is 25.0 Å². The van der Waals surface area contributed by atoms with Crippen molar-refractivity contribution in [1.82, 2.24) is 4.90 Å². The smallest absolute Gasteiger partial charge is 0.255 e. The molecule has 2 aliphatic rings. The molecule has 3 rings (SSSR count). The number of nitrogens with zero attached hydrogens (tertiary/aromatic N) is 1. The van der Waals surface area contributed by atoms with Crippen molar-refractivity contribution < 1.29 is 14.3 Å². The molecular formula is C20H26N2O3. The lowest BCUT2D eigenvalue weighted by molar-refractivity contribution is -0.132. The second-order valence-corrected chi connectivity index (χ2v) is 6.94. The number of rotatable bonds is 5. The number of amides is 2. The van der Waals surface area contributed by atoms with Gasteiger partial charge in [-0.15, -0.1) is 0 Å². The summed E-state index contributed by atoms with van der Waals surface area (Å²) in [7, 11) is 0. The van der Waals surface area contributed by atoms with Crippen LogP contribution in [0.25, 0.3) is 6.08 Å². The number of piperidine rings is 1. The van der Waals surface area contributed by atoms with Gasteiger partial charge in [-0.05, 0) is 55.4 Å². The van der Waals surface area contributed by atoms with Gasteiger partial charge >= 0.3 is 0 Å². The van der Waals surface area contributed by atoms with E-state index in [0.29, 0.717) is 17.7 Å². The Morgan fingerprint density at radius 1 is 1.12 bits per heavy atom. The van der Waals surface area contributed by atoms with Crippen LogP contribution in [0.1, 0.15) is 44.1 Å². The quantitative estimate of drug-likeness (QED) is 0.836. The molecule has 0 radical (unpaired) electrons. The lowest BCUT2D eigenvalue weighted by Gasteiger charge is -2.43. The third-order valence-electron chi connectivity index (χ3n) is 5.21. The van der Waals surface area contributed by atoms with Crippen LogP contribution < -0.4 is 10.5 Å². The molecule has 0 bridgehead atoms. The fourth-order valence-electron chi connectivity index (χ4n) is 3.99. The Bertz CT molecular complexity index is 637. The summed E-state index contributed by atoms with van der Waals surface area (Å²) in [5.41, 5.74) is 5.98. The topological polar surface area (TPSA) is 72.6 Å². The van der Waals surface area contributed by atoms with E-state index in [-0.39, 0.29) is 12.5 Å². The van der Waals surface area contributed by atoms with Crippen LogP contribution >= 0.6 is 0 Å². The molecule has 0 spiro atoms. The van der Waals surface area contributed by atoms with Gasteiger partial charge in [-0.3, -0.25) is 9.59 Å². The van der Waals surface area contributed by atoms with Gasteiger partial charge in [0.05, 0.1) is 0 Å². The first-order valence-electron chi connectivity index (χ1n) is 9.13. The molecule has 2 fully saturated rings. The van der Waals surface area contributed by atoms with E-state index in [1.807, 2.05) is 18.2 Å². The molecule has 134 valence electrons. The largest absolute Gasteiger partial charge is 0.484 e. The van der Waals surface area contributed by atoms with E-state index < -0.39 is 5.91 Å². The molecule has 2 N–H and O–H groups in total. The molecule has 2 atom stereocenters. The van der Waals surface area contributed by atoms with Gasteiger partial charge in [0.2, 0.25) is 5.91 Å². The first-order valence-corrected chi connectivity index (χ1v) is 9.13. The van der Waals surface area contributed by atoms with Crippen molar-refractivity contribution in [3.8, 4) is 5.75 Å². The van der Waals surface area contributed by atoms with E-state index in [0.717, 1.165) is 24.9 Å². The molecule has 1 aliphatic carbocycles. The summed E-state index contributed by atoms with van der Waals surface area (Å²) in [5.74, 6) is 0.896. The van der Waals surface area contributed by atoms with Crippen LogP contribution in [-0.2, 0) is 9.59 Å². The number of carbonyl (C=O) groups excluding carboxylic acids is 2. The third-order valence-corrected chi connectivity index (χ3v) is 5.21. The molecule has 5 nitrogen and oxygen atoms in total. The van der Waals surface area contributed by atoms with Gasteiger partial charge in [0.25, 0.3) is 5.91 Å². The molecule has 0 aromatic heterocycles. The van der Waals surface area contributed by atoms with Crippen LogP contribution in [0.5, 0.6) is 5.75 Å². The van der Waals surface area contributed by atoms with E-state index in [4.69, 9.17) is 10.5 Å². The van der Waals surface area contributed by atoms with Crippen molar-refractivity contribution in [3.63, 3.8) is 0 Å². The van der Waals surface area contributed by atoms with Crippen molar-refractivity contribution in [2.24, 2.45) is 11.7 Å². The SMILES string of the molecule is NC(=O)COc1ccc(/C=C\C(=O)N2CCC[C@@H]3CCCC[C@H]32)cc1. The Labute approximate surface area is 148 Å². The minimum atomic E-state index is -0.503. The summed E-state index contributed by atoms with van der Waals surface area (Å²) < 4.78 is 5.23. The van der Waals surface area contributed by atoms with E-state index >= 15 is 0 Å². The normalized spacial score (nSPS) is 23.3. The average Bonchev–Trinajstić information content (AvgIpc) is 2.64. The van der Waals surface area contributed by atoms with Gasteiger partial charge in [-0.25, -0.2) is 0 Å². The van der Waals surface area contributed by atoms with Crippen LogP contribution in [0.4, 0.5) is 0 Å². The second-order valence-electron chi connectivity index (χ2n) is 6.94. The number of likely N-dealkylation sites (tertiary alicyclic amines) is 1. The highest BCUT2D eigenvalue weighted by molar-refractivity contribution is 5.92. The Kier molecular flexibility index (Phi) is 5.74. The lowest BCUT2D eigenvalue weighted by atomic mass is 9.78. The van der Waals surface area contributed by atoms with E-state index in [2.05, 4.69) is 4.90 Å². The summed E-state index contributed by atoms with van der Waals surface area (Å²) in [4.78, 5) is 25.4. The monoisotopic (exact) mass is 342 g/mol. The van der Waals surface area contributed by atoms with E-state index in [1.165, 1.54) is 25.7 Å². The molecule has 2 amide bonds. The Morgan fingerprint density at radius 3 is 2.60 bits per heavy atom. The minimum Gasteiger partial charge on any atom is -0.484 e. The van der Waals surface area contributed by atoms with Crippen molar-refractivity contribution in [1.29, 1.82) is 0 Å². The maximum atomic E-state index is 12.6. The maximum absolute atomic E-state index is 12.6. The Hall–Kier alpha value is -2.30. The van der Waals surface area contributed by atoms with E-state index in [9.17, 15) is 9.59 Å². The van der Waals surface area contributed by atoms with Crippen LogP contribution in [0.3, 0.4) is 0 Å². The zero-order valence-electron chi connectivity index (χ0n) is 14.5. The summed E-state index contributed by atoms with van der Waals surface area (Å²) in [6, 6.07) is 7.69. The maximum Gasteiger partial charge on any atom is 0.255 e. The summed E-state index contributed by atoms with van der Waals surface area (Å²) >= 11 is 0. The number of hydrogen-bond donors (Lipinski definition) is 1. The van der Waals surface area contributed by atoms with Crippen LogP contribution in [0.15, 0.2) is 30.3 Å². The standard InChI is InChI=1S/C20H26N2O3/c21-19(23)14-25-17-10-7-15(8-11-17)9-12-20(24)22-13-3-5-16-4-1-2-6-18(16)22/h7-12,16,18H,1-6,13-14H2,(H2,21,23)/b12-9-/t16-,18+/m0/s1. The average molecular weight is 342 g/mol. The fraction of sp³-hybridized carbons (Fsp3) is 0.500. The highest BCUT2D eigenvalue weighted by Crippen LogP contribution is 2.35. The first-order chi connectivity index (χ1) is 12.1. The number of nitrogens with two attached hydrogens (primary N) is 1. The third kappa shape index (κ3) is 4.62. The summed E-state index contributed by atoms with van der Waals surface area (Å²) in [6.45, 7) is 0.745. The Morgan fingerprint density at radius 2 is 1.84 bits per heavy atom. The molecule has 5 heteroatoms. The van der Waals surface area contributed by atoms with Gasteiger partial charge in [0.1, 0.15) is 5.75 Å². The van der Waals surface area contributed by atoms with Crippen LogP contribution in [0.2, 0.25) is 0 Å². The van der Waals surface area contributed by atoms with Crippen molar-refractivity contribution in [3.05, 3.63) is 35.9 Å². The van der Waals surface area contributed by atoms with Gasteiger partial charge < -0.3 is 15.4 Å². The number of primary amides is 1. The molecule has 1 aromatic rings. The van der Waals surface area contributed by atoms with Crippen LogP contribution in [-0.4, -0.2) is 35.9 Å². The highest BCUT2D eigenvalue weighted by Gasteiger charge is 2.34. The number of hydrogen-bond acceptors (Lipinski definition) is 3. The number of ether oxygens (including phenoxy) is 1. The molecule has 25 heavy (non-hydrogen) atoms. The molecule has 1 saturated heterocycles. The second kappa shape index (κ2) is 8.19. The van der Waals surface area contributed by atoms with E-state index in [1.54, 1.807) is 18.2 Å².